The number of allylic oxidation sites excluding steroid dienone is 2. The highest BCUT2D eigenvalue weighted by molar-refractivity contribution is 5.71. The average molecular weight is 555 g/mol. The maximum Gasteiger partial charge on any atom is 0.312 e. The fourth-order valence-electron chi connectivity index (χ4n) is 5.56. The summed E-state index contributed by atoms with van der Waals surface area (Å²) in [6.07, 6.45) is 21.3. The molecule has 3 N–H and O–H groups in total. The molecular weight excluding hydrogens is 494 g/mol. The SMILES string of the molecule is CCCCCCCC/C=C/CCCCCCC[N+](CC(CC)C(=O)O)(CC(CC)C(=O)O)CC(CC)C(=O)O. The first-order valence-electron chi connectivity index (χ1n) is 15.8. The lowest BCUT2D eigenvalue weighted by atomic mass is 9.95. The number of carbonyl (C=O) groups is 3. The van der Waals surface area contributed by atoms with Crippen LogP contribution in [0.4, 0.5) is 0 Å². The van der Waals surface area contributed by atoms with Crippen LogP contribution in [0.2, 0.25) is 0 Å². The first-order chi connectivity index (χ1) is 18.7. The van der Waals surface area contributed by atoms with E-state index in [1.807, 2.05) is 20.8 Å². The van der Waals surface area contributed by atoms with E-state index in [0.29, 0.717) is 25.8 Å². The predicted molar refractivity (Wildman–Crippen MR) is 159 cm³/mol. The van der Waals surface area contributed by atoms with E-state index in [0.717, 1.165) is 38.5 Å². The molecule has 0 radical (unpaired) electrons. The summed E-state index contributed by atoms with van der Waals surface area (Å²) < 4.78 is 0.252. The van der Waals surface area contributed by atoms with Crippen molar-refractivity contribution in [1.29, 1.82) is 0 Å². The normalized spacial score (nSPS) is 15.6. The van der Waals surface area contributed by atoms with Gasteiger partial charge in [-0.2, -0.15) is 0 Å². The van der Waals surface area contributed by atoms with Crippen molar-refractivity contribution < 1.29 is 34.2 Å². The van der Waals surface area contributed by atoms with Crippen LogP contribution < -0.4 is 0 Å². The van der Waals surface area contributed by atoms with Gasteiger partial charge in [0.15, 0.2) is 0 Å². The highest BCUT2D eigenvalue weighted by Gasteiger charge is 2.40. The van der Waals surface area contributed by atoms with E-state index in [9.17, 15) is 29.7 Å². The van der Waals surface area contributed by atoms with Crippen LogP contribution >= 0.6 is 0 Å². The molecule has 0 aliphatic rings. The molecule has 3 atom stereocenters. The van der Waals surface area contributed by atoms with Gasteiger partial charge < -0.3 is 19.8 Å². The molecule has 0 saturated carbocycles. The van der Waals surface area contributed by atoms with E-state index in [4.69, 9.17) is 0 Å². The van der Waals surface area contributed by atoms with Crippen molar-refractivity contribution in [3.8, 4) is 0 Å². The van der Waals surface area contributed by atoms with E-state index in [2.05, 4.69) is 19.1 Å². The Morgan fingerprint density at radius 1 is 0.538 bits per heavy atom. The van der Waals surface area contributed by atoms with Gasteiger partial charge in [0.2, 0.25) is 0 Å². The molecule has 0 fully saturated rings. The van der Waals surface area contributed by atoms with E-state index >= 15 is 0 Å². The number of carboxylic acids is 3. The van der Waals surface area contributed by atoms with E-state index in [1.165, 1.54) is 44.9 Å². The average Bonchev–Trinajstić information content (AvgIpc) is 2.90. The third-order valence-corrected chi connectivity index (χ3v) is 8.24. The highest BCUT2D eigenvalue weighted by atomic mass is 16.4. The van der Waals surface area contributed by atoms with Crippen molar-refractivity contribution in [3.63, 3.8) is 0 Å². The van der Waals surface area contributed by atoms with Crippen LogP contribution in [0.5, 0.6) is 0 Å². The molecule has 0 heterocycles. The first-order valence-corrected chi connectivity index (χ1v) is 15.8. The van der Waals surface area contributed by atoms with Crippen molar-refractivity contribution in [2.75, 3.05) is 26.2 Å². The van der Waals surface area contributed by atoms with E-state index < -0.39 is 35.7 Å². The zero-order valence-corrected chi connectivity index (χ0v) is 25.5. The molecule has 0 aromatic heterocycles. The van der Waals surface area contributed by atoms with Crippen molar-refractivity contribution >= 4 is 17.9 Å². The fourth-order valence-corrected chi connectivity index (χ4v) is 5.56. The molecule has 0 rings (SSSR count). The number of hydrogen-bond donors (Lipinski definition) is 3. The number of unbranched alkanes of at least 4 members (excludes halogenated alkanes) is 11. The zero-order valence-electron chi connectivity index (χ0n) is 25.5. The summed E-state index contributed by atoms with van der Waals surface area (Å²) in [6.45, 7) is 9.20. The van der Waals surface area contributed by atoms with Crippen molar-refractivity contribution in [2.45, 2.75) is 130 Å². The molecule has 0 spiro atoms. The van der Waals surface area contributed by atoms with Gasteiger partial charge in [0.05, 0.1) is 26.2 Å². The Hall–Kier alpha value is -1.89. The van der Waals surface area contributed by atoms with Gasteiger partial charge in [-0.05, 0) is 57.8 Å². The number of hydrogen-bond acceptors (Lipinski definition) is 3. The van der Waals surface area contributed by atoms with Crippen molar-refractivity contribution in [1.82, 2.24) is 0 Å². The summed E-state index contributed by atoms with van der Waals surface area (Å²) in [4.78, 5) is 35.9. The van der Waals surface area contributed by atoms with Crippen LogP contribution in [-0.4, -0.2) is 63.9 Å². The van der Waals surface area contributed by atoms with Gasteiger partial charge in [-0.3, -0.25) is 14.4 Å². The summed E-state index contributed by atoms with van der Waals surface area (Å²) in [5, 5.41) is 29.4. The summed E-state index contributed by atoms with van der Waals surface area (Å²) in [5.41, 5.74) is 0. The second-order valence-corrected chi connectivity index (χ2v) is 11.5. The van der Waals surface area contributed by atoms with Crippen LogP contribution in [-0.2, 0) is 14.4 Å². The minimum Gasteiger partial charge on any atom is -0.481 e. The quantitative estimate of drug-likeness (QED) is 0.0543. The Morgan fingerprint density at radius 2 is 0.872 bits per heavy atom. The number of aliphatic carboxylic acids is 3. The lowest BCUT2D eigenvalue weighted by Gasteiger charge is -2.43. The van der Waals surface area contributed by atoms with Crippen LogP contribution in [0.1, 0.15) is 130 Å². The molecule has 3 unspecified atom stereocenters. The molecule has 7 nitrogen and oxygen atoms in total. The molecule has 0 amide bonds. The van der Waals surface area contributed by atoms with Gasteiger partial charge >= 0.3 is 17.9 Å². The molecule has 0 saturated heterocycles. The highest BCUT2D eigenvalue weighted by Crippen LogP contribution is 2.25. The first kappa shape index (κ1) is 37.1. The topological polar surface area (TPSA) is 112 Å². The maximum absolute atomic E-state index is 12.0. The van der Waals surface area contributed by atoms with Gasteiger partial charge in [-0.15, -0.1) is 0 Å². The molecule has 0 aliphatic heterocycles. The van der Waals surface area contributed by atoms with Gasteiger partial charge in [0.1, 0.15) is 17.8 Å². The minimum atomic E-state index is -0.892. The third-order valence-electron chi connectivity index (χ3n) is 8.24. The van der Waals surface area contributed by atoms with Gasteiger partial charge in [-0.1, -0.05) is 84.8 Å². The van der Waals surface area contributed by atoms with Crippen LogP contribution in [0, 0.1) is 17.8 Å². The maximum atomic E-state index is 12.0. The fraction of sp³-hybridized carbons (Fsp3) is 0.844. The Morgan fingerprint density at radius 3 is 1.21 bits per heavy atom. The summed E-state index contributed by atoms with van der Waals surface area (Å²) in [5.74, 6) is -4.54. The number of nitrogens with zero attached hydrogens (tertiary/aromatic N) is 1. The molecule has 0 bridgehead atoms. The van der Waals surface area contributed by atoms with Gasteiger partial charge in [-0.25, -0.2) is 0 Å². The molecule has 0 aromatic carbocycles. The zero-order chi connectivity index (χ0) is 29.5. The summed E-state index contributed by atoms with van der Waals surface area (Å²) in [7, 11) is 0. The molecular formula is C32H60NO6+. The third kappa shape index (κ3) is 17.4. The van der Waals surface area contributed by atoms with Crippen molar-refractivity contribution in [2.24, 2.45) is 17.8 Å². The lowest BCUT2D eigenvalue weighted by Crippen LogP contribution is -2.58. The minimum absolute atomic E-state index is 0.252. The summed E-state index contributed by atoms with van der Waals surface area (Å²) >= 11 is 0. The van der Waals surface area contributed by atoms with Crippen LogP contribution in [0.3, 0.4) is 0 Å². The second-order valence-electron chi connectivity index (χ2n) is 11.5. The molecule has 39 heavy (non-hydrogen) atoms. The monoisotopic (exact) mass is 554 g/mol. The number of quaternary nitrogens is 1. The summed E-state index contributed by atoms with van der Waals surface area (Å²) in [6, 6.07) is 0. The van der Waals surface area contributed by atoms with E-state index in [-0.39, 0.29) is 24.1 Å². The molecule has 7 heteroatoms. The second kappa shape index (κ2) is 22.9. The Bertz CT molecular complexity index is 632. The standard InChI is InChI=1S/C32H59NO6/c1-5-9-10-11-12-13-14-15-16-17-18-19-20-21-22-23-33(24-27(6-2)30(34)35,25-28(7-3)31(36)37)26-29(8-4)32(38)39/h15-16,27-29H,5-14,17-26H2,1-4H3,(H2-,34,35,36,37,38,39)/p+1/b16-15+. The van der Waals surface area contributed by atoms with E-state index in [1.54, 1.807) is 0 Å². The Kier molecular flexibility index (Phi) is 21.8. The smallest absolute Gasteiger partial charge is 0.312 e. The Balaban J connectivity index is 4.99. The molecule has 0 aliphatic carbocycles. The lowest BCUT2D eigenvalue weighted by molar-refractivity contribution is -0.935. The van der Waals surface area contributed by atoms with Gasteiger partial charge in [0.25, 0.3) is 0 Å². The number of rotatable bonds is 27. The predicted octanol–water partition coefficient (Wildman–Crippen LogP) is 7.78. The largest absolute Gasteiger partial charge is 0.481 e. The van der Waals surface area contributed by atoms with Gasteiger partial charge in [0, 0.05) is 0 Å². The molecule has 228 valence electrons. The molecule has 0 aromatic rings. The number of carboxylic acid groups (broad SMARTS) is 3. The van der Waals surface area contributed by atoms with Crippen molar-refractivity contribution in [3.05, 3.63) is 12.2 Å². The van der Waals surface area contributed by atoms with Crippen LogP contribution in [0.15, 0.2) is 12.2 Å². The van der Waals surface area contributed by atoms with Crippen LogP contribution in [0.25, 0.3) is 0 Å². The Labute approximate surface area is 238 Å².